The van der Waals surface area contributed by atoms with Crippen LogP contribution in [0.4, 0.5) is 5.69 Å². The van der Waals surface area contributed by atoms with Crippen LogP contribution in [0.5, 0.6) is 0 Å². The van der Waals surface area contributed by atoms with Crippen molar-refractivity contribution in [2.24, 2.45) is 0 Å². The number of carbonyl (C=O) groups is 1. The van der Waals surface area contributed by atoms with E-state index in [2.05, 4.69) is 0 Å². The third kappa shape index (κ3) is 4.04. The van der Waals surface area contributed by atoms with Gasteiger partial charge >= 0.3 is 5.97 Å². The Kier molecular flexibility index (Phi) is 5.65. The number of hydrogen-bond acceptors (Lipinski definition) is 3. The Labute approximate surface area is 108 Å². The van der Waals surface area contributed by atoms with Gasteiger partial charge < -0.3 is 10.8 Å². The van der Waals surface area contributed by atoms with Crippen molar-refractivity contribution < 1.29 is 9.90 Å². The summed E-state index contributed by atoms with van der Waals surface area (Å²) in [4.78, 5) is 13.3. The normalized spacial score (nSPS) is 12.6. The van der Waals surface area contributed by atoms with Crippen molar-refractivity contribution in [3.8, 4) is 0 Å². The predicted octanol–water partition coefficient (Wildman–Crippen LogP) is 2.34. The van der Waals surface area contributed by atoms with Crippen LogP contribution in [0.25, 0.3) is 0 Å². The van der Waals surface area contributed by atoms with Gasteiger partial charge in [-0.05, 0) is 30.7 Å². The summed E-state index contributed by atoms with van der Waals surface area (Å²) in [6.07, 6.45) is 1.54. The maximum Gasteiger partial charge on any atom is 0.320 e. The Balaban J connectivity index is 2.79. The fourth-order valence-electron chi connectivity index (χ4n) is 2.10. The van der Waals surface area contributed by atoms with Crippen molar-refractivity contribution >= 4 is 11.7 Å². The van der Waals surface area contributed by atoms with Crippen LogP contribution in [0.15, 0.2) is 24.3 Å². The van der Waals surface area contributed by atoms with Gasteiger partial charge in [-0.3, -0.25) is 9.69 Å². The molecule has 0 fully saturated rings. The van der Waals surface area contributed by atoms with E-state index >= 15 is 0 Å². The van der Waals surface area contributed by atoms with Crippen molar-refractivity contribution in [3.05, 3.63) is 29.8 Å². The number of nitrogen functional groups attached to an aromatic ring is 1. The van der Waals surface area contributed by atoms with Crippen molar-refractivity contribution in [1.82, 2.24) is 4.90 Å². The molecule has 4 heteroatoms. The molecule has 0 aromatic heterocycles. The van der Waals surface area contributed by atoms with E-state index in [1.165, 1.54) is 0 Å². The lowest BCUT2D eigenvalue weighted by molar-refractivity contribution is -0.143. The second kappa shape index (κ2) is 7.01. The summed E-state index contributed by atoms with van der Waals surface area (Å²) in [5.41, 5.74) is 7.50. The Morgan fingerprint density at radius 1 is 1.44 bits per heavy atom. The van der Waals surface area contributed by atoms with Crippen LogP contribution in [0, 0.1) is 0 Å². The van der Waals surface area contributed by atoms with Crippen LogP contribution in [0.3, 0.4) is 0 Å². The van der Waals surface area contributed by atoms with Crippen molar-refractivity contribution in [1.29, 1.82) is 0 Å². The minimum Gasteiger partial charge on any atom is -0.480 e. The first kappa shape index (κ1) is 14.5. The average molecular weight is 250 g/mol. The number of carboxylic acid groups (broad SMARTS) is 1. The second-order valence-electron chi connectivity index (χ2n) is 4.45. The summed E-state index contributed by atoms with van der Waals surface area (Å²) >= 11 is 0. The maximum atomic E-state index is 11.3. The molecule has 0 heterocycles. The van der Waals surface area contributed by atoms with Crippen molar-refractivity contribution in [2.75, 3.05) is 12.3 Å². The Morgan fingerprint density at radius 2 is 2.17 bits per heavy atom. The average Bonchev–Trinajstić information content (AvgIpc) is 2.33. The number of hydrogen-bond donors (Lipinski definition) is 2. The topological polar surface area (TPSA) is 66.6 Å². The molecule has 1 rings (SSSR count). The van der Waals surface area contributed by atoms with Gasteiger partial charge in [0.1, 0.15) is 6.04 Å². The van der Waals surface area contributed by atoms with Crippen LogP contribution in [-0.2, 0) is 11.3 Å². The van der Waals surface area contributed by atoms with Gasteiger partial charge in [-0.1, -0.05) is 32.4 Å². The molecule has 18 heavy (non-hydrogen) atoms. The van der Waals surface area contributed by atoms with Gasteiger partial charge in [0.2, 0.25) is 0 Å². The molecule has 4 nitrogen and oxygen atoms in total. The molecule has 0 saturated heterocycles. The highest BCUT2D eigenvalue weighted by Crippen LogP contribution is 2.14. The van der Waals surface area contributed by atoms with E-state index in [0.29, 0.717) is 25.2 Å². The summed E-state index contributed by atoms with van der Waals surface area (Å²) in [6, 6.07) is 7.19. The van der Waals surface area contributed by atoms with Crippen LogP contribution in [0.2, 0.25) is 0 Å². The van der Waals surface area contributed by atoms with Gasteiger partial charge in [0.15, 0.2) is 0 Å². The number of nitrogens with zero attached hydrogens (tertiary/aromatic N) is 1. The molecule has 1 unspecified atom stereocenters. The predicted molar refractivity (Wildman–Crippen MR) is 73.3 cm³/mol. The fraction of sp³-hybridized carbons (Fsp3) is 0.500. The van der Waals surface area contributed by atoms with Crippen molar-refractivity contribution in [3.63, 3.8) is 0 Å². The minimum absolute atomic E-state index is 0.415. The van der Waals surface area contributed by atoms with E-state index in [1.54, 1.807) is 0 Å². The third-order valence-electron chi connectivity index (χ3n) is 3.03. The molecule has 1 aromatic carbocycles. The molecule has 3 N–H and O–H groups in total. The zero-order chi connectivity index (χ0) is 13.5. The van der Waals surface area contributed by atoms with Crippen molar-refractivity contribution in [2.45, 2.75) is 39.3 Å². The number of carboxylic acids is 1. The molecule has 1 aromatic rings. The zero-order valence-electron chi connectivity index (χ0n) is 11.1. The van der Waals surface area contributed by atoms with Crippen LogP contribution >= 0.6 is 0 Å². The SMILES string of the molecule is CCCC(C(=O)O)N(CC)Cc1cccc(N)c1. The molecule has 0 radical (unpaired) electrons. The molecule has 0 aliphatic rings. The van der Waals surface area contributed by atoms with E-state index in [0.717, 1.165) is 12.0 Å². The highest BCUT2D eigenvalue weighted by atomic mass is 16.4. The minimum atomic E-state index is -0.748. The number of rotatable bonds is 7. The maximum absolute atomic E-state index is 11.3. The van der Waals surface area contributed by atoms with Crippen LogP contribution in [0.1, 0.15) is 32.3 Å². The van der Waals surface area contributed by atoms with Gasteiger partial charge in [-0.25, -0.2) is 0 Å². The highest BCUT2D eigenvalue weighted by Gasteiger charge is 2.23. The molecular formula is C14H22N2O2. The van der Waals surface area contributed by atoms with Gasteiger partial charge in [0.05, 0.1) is 0 Å². The standard InChI is InChI=1S/C14H22N2O2/c1-3-6-13(14(17)18)16(4-2)10-11-7-5-8-12(15)9-11/h5,7-9,13H,3-4,6,10,15H2,1-2H3,(H,17,18). The van der Waals surface area contributed by atoms with Gasteiger partial charge in [-0.15, -0.1) is 0 Å². The second-order valence-corrected chi connectivity index (χ2v) is 4.45. The number of benzene rings is 1. The third-order valence-corrected chi connectivity index (χ3v) is 3.03. The number of nitrogens with two attached hydrogens (primary N) is 1. The van der Waals surface area contributed by atoms with E-state index in [9.17, 15) is 9.90 Å². The van der Waals surface area contributed by atoms with Gasteiger partial charge in [0.25, 0.3) is 0 Å². The van der Waals surface area contributed by atoms with Crippen LogP contribution < -0.4 is 5.73 Å². The molecule has 0 spiro atoms. The first-order valence-electron chi connectivity index (χ1n) is 6.39. The molecule has 1 atom stereocenters. The molecule has 0 aliphatic heterocycles. The summed E-state index contributed by atoms with van der Waals surface area (Å²) in [5.74, 6) is -0.748. The Hall–Kier alpha value is -1.55. The van der Waals surface area contributed by atoms with Gasteiger partial charge in [0, 0.05) is 12.2 Å². The lowest BCUT2D eigenvalue weighted by Gasteiger charge is -2.27. The number of likely N-dealkylation sites (N-methyl/N-ethyl adjacent to an activating group) is 1. The van der Waals surface area contributed by atoms with Gasteiger partial charge in [-0.2, -0.15) is 0 Å². The smallest absolute Gasteiger partial charge is 0.320 e. The Bertz CT molecular complexity index is 393. The number of aliphatic carboxylic acids is 1. The zero-order valence-corrected chi connectivity index (χ0v) is 11.1. The quantitative estimate of drug-likeness (QED) is 0.729. The van der Waals surface area contributed by atoms with E-state index < -0.39 is 12.0 Å². The highest BCUT2D eigenvalue weighted by molar-refractivity contribution is 5.73. The molecule has 0 bridgehead atoms. The lowest BCUT2D eigenvalue weighted by atomic mass is 10.1. The summed E-state index contributed by atoms with van der Waals surface area (Å²) in [7, 11) is 0. The first-order chi connectivity index (χ1) is 8.58. The van der Waals surface area contributed by atoms with E-state index in [-0.39, 0.29) is 0 Å². The summed E-state index contributed by atoms with van der Waals surface area (Å²) in [6.45, 7) is 5.33. The lowest BCUT2D eigenvalue weighted by Crippen LogP contribution is -2.40. The Morgan fingerprint density at radius 3 is 2.67 bits per heavy atom. The van der Waals surface area contributed by atoms with Crippen LogP contribution in [-0.4, -0.2) is 28.6 Å². The fourth-order valence-corrected chi connectivity index (χ4v) is 2.10. The first-order valence-corrected chi connectivity index (χ1v) is 6.39. The summed E-state index contributed by atoms with van der Waals surface area (Å²) < 4.78 is 0. The molecular weight excluding hydrogens is 228 g/mol. The van der Waals surface area contributed by atoms with E-state index in [1.807, 2.05) is 43.0 Å². The molecule has 0 amide bonds. The molecule has 0 saturated carbocycles. The molecule has 0 aliphatic carbocycles. The molecule has 100 valence electrons. The summed E-state index contributed by atoms with van der Waals surface area (Å²) in [5, 5.41) is 9.27. The largest absolute Gasteiger partial charge is 0.480 e. The number of anilines is 1. The monoisotopic (exact) mass is 250 g/mol. The van der Waals surface area contributed by atoms with E-state index in [4.69, 9.17) is 5.73 Å².